The molecule has 1 rings (SSSR count). The molecule has 116 valence electrons. The van der Waals surface area contributed by atoms with Gasteiger partial charge in [-0.05, 0) is 35.9 Å². The van der Waals surface area contributed by atoms with Gasteiger partial charge in [-0.15, -0.1) is 10.2 Å². The van der Waals surface area contributed by atoms with Crippen molar-refractivity contribution in [3.05, 3.63) is 5.82 Å². The van der Waals surface area contributed by atoms with E-state index in [0.717, 1.165) is 31.8 Å². The number of hydrogen-bond donors (Lipinski definition) is 1. The van der Waals surface area contributed by atoms with Crippen LogP contribution in [-0.4, -0.2) is 33.3 Å². The van der Waals surface area contributed by atoms with E-state index in [1.807, 2.05) is 7.05 Å². The van der Waals surface area contributed by atoms with E-state index in [9.17, 15) is 0 Å². The van der Waals surface area contributed by atoms with Crippen LogP contribution in [0.5, 0.6) is 0 Å². The van der Waals surface area contributed by atoms with Crippen LogP contribution in [0.15, 0.2) is 0 Å². The van der Waals surface area contributed by atoms with Crippen LogP contribution in [0.3, 0.4) is 0 Å². The fourth-order valence-electron chi connectivity index (χ4n) is 2.57. The predicted molar refractivity (Wildman–Crippen MR) is 82.5 cm³/mol. The molecule has 0 bridgehead atoms. The maximum Gasteiger partial charge on any atom is 0.175 e. The zero-order valence-corrected chi connectivity index (χ0v) is 13.8. The Bertz CT molecular complexity index is 374. The Balaban J connectivity index is 2.69. The summed E-state index contributed by atoms with van der Waals surface area (Å²) in [5, 5.41) is 16.1. The lowest BCUT2D eigenvalue weighted by Gasteiger charge is -2.32. The molecule has 1 aromatic rings. The molecular formula is C15H31N5. The van der Waals surface area contributed by atoms with Crippen LogP contribution in [0, 0.1) is 11.3 Å². The first kappa shape index (κ1) is 17.1. The molecule has 0 aliphatic rings. The first-order valence-corrected chi connectivity index (χ1v) is 7.95. The highest BCUT2D eigenvalue weighted by Gasteiger charge is 2.29. The molecule has 1 unspecified atom stereocenters. The van der Waals surface area contributed by atoms with Gasteiger partial charge in [-0.3, -0.25) is 0 Å². The van der Waals surface area contributed by atoms with E-state index in [1.165, 1.54) is 19.3 Å². The number of aromatic nitrogens is 4. The molecule has 0 amide bonds. The highest BCUT2D eigenvalue weighted by molar-refractivity contribution is 4.91. The fourth-order valence-corrected chi connectivity index (χ4v) is 2.57. The Morgan fingerprint density at radius 1 is 1.30 bits per heavy atom. The molecule has 20 heavy (non-hydrogen) atoms. The van der Waals surface area contributed by atoms with E-state index in [1.54, 1.807) is 4.80 Å². The van der Waals surface area contributed by atoms with Gasteiger partial charge in [-0.25, -0.2) is 0 Å². The average Bonchev–Trinajstić information content (AvgIpc) is 2.80. The van der Waals surface area contributed by atoms with Gasteiger partial charge in [0.2, 0.25) is 0 Å². The average molecular weight is 281 g/mol. The van der Waals surface area contributed by atoms with E-state index >= 15 is 0 Å². The molecule has 0 aliphatic carbocycles. The Labute approximate surface area is 123 Å². The predicted octanol–water partition coefficient (Wildman–Crippen LogP) is 2.58. The van der Waals surface area contributed by atoms with E-state index in [0.29, 0.717) is 5.92 Å². The fraction of sp³-hybridized carbons (Fsp3) is 0.933. The number of hydrogen-bond acceptors (Lipinski definition) is 4. The number of rotatable bonds is 10. The maximum atomic E-state index is 4.36. The summed E-state index contributed by atoms with van der Waals surface area (Å²) in [6.07, 6.45) is 5.79. The minimum absolute atomic E-state index is 0.258. The Hall–Kier alpha value is -0.970. The lowest BCUT2D eigenvalue weighted by atomic mass is 9.77. The summed E-state index contributed by atoms with van der Waals surface area (Å²) in [5.41, 5.74) is 0.258. The molecule has 0 aromatic carbocycles. The minimum Gasteiger partial charge on any atom is -0.316 e. The van der Waals surface area contributed by atoms with Crippen LogP contribution >= 0.6 is 0 Å². The number of unbranched alkanes of at least 4 members (excludes halogenated alkanes) is 1. The van der Waals surface area contributed by atoms with E-state index in [-0.39, 0.29) is 5.41 Å². The normalized spacial score (nSPS) is 14.7. The second-order valence-electron chi connectivity index (χ2n) is 6.35. The van der Waals surface area contributed by atoms with Crippen molar-refractivity contribution in [2.75, 3.05) is 13.1 Å². The molecular weight excluding hydrogens is 250 g/mol. The van der Waals surface area contributed by atoms with Crippen molar-refractivity contribution in [1.29, 1.82) is 0 Å². The minimum atomic E-state index is 0.258. The summed E-state index contributed by atoms with van der Waals surface area (Å²) < 4.78 is 0. The van der Waals surface area contributed by atoms with Gasteiger partial charge in [0.1, 0.15) is 0 Å². The molecule has 5 heteroatoms. The smallest absolute Gasteiger partial charge is 0.175 e. The summed E-state index contributed by atoms with van der Waals surface area (Å²) >= 11 is 0. The second-order valence-corrected chi connectivity index (χ2v) is 6.35. The van der Waals surface area contributed by atoms with Gasteiger partial charge in [-0.2, -0.15) is 4.80 Å². The summed E-state index contributed by atoms with van der Waals surface area (Å²) in [6, 6.07) is 0. The molecule has 5 nitrogen and oxygen atoms in total. The third-order valence-corrected chi connectivity index (χ3v) is 3.95. The van der Waals surface area contributed by atoms with Crippen molar-refractivity contribution in [2.24, 2.45) is 18.4 Å². The van der Waals surface area contributed by atoms with Crippen molar-refractivity contribution >= 4 is 0 Å². The Morgan fingerprint density at radius 3 is 2.55 bits per heavy atom. The van der Waals surface area contributed by atoms with Crippen LogP contribution in [0.4, 0.5) is 0 Å². The third-order valence-electron chi connectivity index (χ3n) is 3.95. The summed E-state index contributed by atoms with van der Waals surface area (Å²) in [4.78, 5) is 1.55. The zero-order chi connectivity index (χ0) is 15.0. The third kappa shape index (κ3) is 5.57. The molecule has 0 aliphatic heterocycles. The highest BCUT2D eigenvalue weighted by atomic mass is 15.6. The first-order valence-electron chi connectivity index (χ1n) is 7.95. The lowest BCUT2D eigenvalue weighted by Crippen LogP contribution is -2.37. The molecule has 0 spiro atoms. The Kier molecular flexibility index (Phi) is 7.13. The summed E-state index contributed by atoms with van der Waals surface area (Å²) in [5.74, 6) is 1.56. The van der Waals surface area contributed by atoms with Crippen molar-refractivity contribution in [1.82, 2.24) is 25.5 Å². The topological polar surface area (TPSA) is 55.6 Å². The van der Waals surface area contributed by atoms with E-state index in [2.05, 4.69) is 48.4 Å². The molecule has 0 saturated heterocycles. The van der Waals surface area contributed by atoms with Crippen LogP contribution in [0.1, 0.15) is 59.2 Å². The van der Waals surface area contributed by atoms with Crippen LogP contribution in [0.2, 0.25) is 0 Å². The van der Waals surface area contributed by atoms with Crippen LogP contribution < -0.4 is 5.32 Å². The van der Waals surface area contributed by atoms with Gasteiger partial charge in [0, 0.05) is 13.0 Å². The largest absolute Gasteiger partial charge is 0.316 e. The van der Waals surface area contributed by atoms with Gasteiger partial charge in [0.25, 0.3) is 0 Å². The Morgan fingerprint density at radius 2 is 2.05 bits per heavy atom. The lowest BCUT2D eigenvalue weighted by molar-refractivity contribution is 0.221. The van der Waals surface area contributed by atoms with Crippen molar-refractivity contribution in [2.45, 2.75) is 59.8 Å². The van der Waals surface area contributed by atoms with Crippen molar-refractivity contribution in [3.8, 4) is 0 Å². The van der Waals surface area contributed by atoms with Gasteiger partial charge in [-0.1, -0.05) is 40.5 Å². The molecule has 0 fully saturated rings. The molecule has 0 saturated carbocycles. The number of tetrazole rings is 1. The molecule has 0 radical (unpaired) electrons. The summed E-state index contributed by atoms with van der Waals surface area (Å²) in [7, 11) is 1.83. The second kappa shape index (κ2) is 8.35. The molecule has 1 heterocycles. The molecule has 1 atom stereocenters. The zero-order valence-electron chi connectivity index (χ0n) is 13.8. The van der Waals surface area contributed by atoms with Crippen molar-refractivity contribution < 1.29 is 0 Å². The van der Waals surface area contributed by atoms with Gasteiger partial charge in [0.15, 0.2) is 5.82 Å². The standard InChI is InChI=1S/C15H31N5/c1-6-8-9-15(7-2,12-16-11-13(3)4)10-14-17-19-20(5)18-14/h13,16H,6-12H2,1-5H3. The molecule has 1 aromatic heterocycles. The van der Waals surface area contributed by atoms with E-state index < -0.39 is 0 Å². The highest BCUT2D eigenvalue weighted by Crippen LogP contribution is 2.31. The SMILES string of the molecule is CCCCC(CC)(CNCC(C)C)Cc1nnn(C)n1. The van der Waals surface area contributed by atoms with Crippen LogP contribution in [-0.2, 0) is 13.5 Å². The first-order chi connectivity index (χ1) is 9.51. The maximum absolute atomic E-state index is 4.36. The van der Waals surface area contributed by atoms with Crippen molar-refractivity contribution in [3.63, 3.8) is 0 Å². The summed E-state index contributed by atoms with van der Waals surface area (Å²) in [6.45, 7) is 11.1. The number of nitrogens with zero attached hydrogens (tertiary/aromatic N) is 4. The number of aryl methyl sites for hydroxylation is 1. The van der Waals surface area contributed by atoms with E-state index in [4.69, 9.17) is 0 Å². The molecule has 1 N–H and O–H groups in total. The van der Waals surface area contributed by atoms with Gasteiger partial charge < -0.3 is 5.32 Å². The van der Waals surface area contributed by atoms with Crippen LogP contribution in [0.25, 0.3) is 0 Å². The quantitative estimate of drug-likeness (QED) is 0.716. The van der Waals surface area contributed by atoms with Gasteiger partial charge >= 0.3 is 0 Å². The monoisotopic (exact) mass is 281 g/mol. The van der Waals surface area contributed by atoms with Gasteiger partial charge in [0.05, 0.1) is 7.05 Å². The number of nitrogens with one attached hydrogen (secondary N) is 1.